The molecule has 0 unspecified atom stereocenters. The van der Waals surface area contributed by atoms with Gasteiger partial charge in [-0.15, -0.1) is 0 Å². The summed E-state index contributed by atoms with van der Waals surface area (Å²) in [7, 11) is 1.54. The predicted molar refractivity (Wildman–Crippen MR) is 56.8 cm³/mol. The lowest BCUT2D eigenvalue weighted by Gasteiger charge is -2.05. The normalized spacial score (nSPS) is 10.2. The summed E-state index contributed by atoms with van der Waals surface area (Å²) in [6.45, 7) is 0. The van der Waals surface area contributed by atoms with E-state index in [0.29, 0.717) is 16.8 Å². The van der Waals surface area contributed by atoms with Crippen LogP contribution in [0.25, 0.3) is 10.9 Å². The van der Waals surface area contributed by atoms with E-state index in [-0.39, 0.29) is 0 Å². The van der Waals surface area contributed by atoms with Gasteiger partial charge in [0.1, 0.15) is 5.75 Å². The van der Waals surface area contributed by atoms with Gasteiger partial charge in [0, 0.05) is 11.6 Å². The van der Waals surface area contributed by atoms with Crippen molar-refractivity contribution in [3.05, 3.63) is 36.0 Å². The summed E-state index contributed by atoms with van der Waals surface area (Å²) in [6, 6.07) is 7.07. The number of hydrogen-bond acceptors (Lipinski definition) is 3. The average molecular weight is 202 g/mol. The van der Waals surface area contributed by atoms with Gasteiger partial charge in [-0.25, -0.2) is 0 Å². The molecule has 0 radical (unpaired) electrons. The fourth-order valence-corrected chi connectivity index (χ4v) is 1.47. The Morgan fingerprint density at radius 3 is 2.93 bits per heavy atom. The van der Waals surface area contributed by atoms with Crippen LogP contribution in [0.4, 0.5) is 0 Å². The summed E-state index contributed by atoms with van der Waals surface area (Å²) < 4.78 is 5.08. The van der Waals surface area contributed by atoms with E-state index < -0.39 is 5.91 Å². The molecule has 0 aliphatic rings. The van der Waals surface area contributed by atoms with Crippen LogP contribution in [0.2, 0.25) is 0 Å². The van der Waals surface area contributed by atoms with Crippen molar-refractivity contribution >= 4 is 16.8 Å². The molecular formula is C11H10N2O2. The van der Waals surface area contributed by atoms with Crippen LogP contribution in [-0.2, 0) is 0 Å². The molecule has 0 bridgehead atoms. The van der Waals surface area contributed by atoms with Crippen LogP contribution >= 0.6 is 0 Å². The molecule has 0 atom stereocenters. The minimum Gasteiger partial charge on any atom is -0.497 e. The lowest BCUT2D eigenvalue weighted by atomic mass is 10.1. The average Bonchev–Trinajstić information content (AvgIpc) is 2.27. The smallest absolute Gasteiger partial charge is 0.251 e. The zero-order valence-electron chi connectivity index (χ0n) is 8.23. The van der Waals surface area contributed by atoms with Crippen LogP contribution in [0.3, 0.4) is 0 Å². The minimum atomic E-state index is -0.502. The number of methoxy groups -OCH3 is 1. The summed E-state index contributed by atoms with van der Waals surface area (Å²) in [5.74, 6) is 0.0990. The predicted octanol–water partition coefficient (Wildman–Crippen LogP) is 1.34. The Kier molecular flexibility index (Phi) is 2.25. The number of amides is 1. The largest absolute Gasteiger partial charge is 0.497 e. The highest BCUT2D eigenvalue weighted by Crippen LogP contribution is 2.23. The van der Waals surface area contributed by atoms with E-state index in [0.717, 1.165) is 5.39 Å². The van der Waals surface area contributed by atoms with Crippen molar-refractivity contribution in [1.29, 1.82) is 0 Å². The molecule has 0 saturated heterocycles. The quantitative estimate of drug-likeness (QED) is 0.799. The SMILES string of the molecule is COc1cc(C(N)=O)c2ncccc2c1. The molecule has 2 aromatic rings. The van der Waals surface area contributed by atoms with E-state index in [4.69, 9.17) is 10.5 Å². The van der Waals surface area contributed by atoms with Gasteiger partial charge in [0.15, 0.2) is 0 Å². The van der Waals surface area contributed by atoms with E-state index in [1.54, 1.807) is 25.4 Å². The topological polar surface area (TPSA) is 65.2 Å². The Morgan fingerprint density at radius 1 is 1.47 bits per heavy atom. The molecular weight excluding hydrogens is 192 g/mol. The highest BCUT2D eigenvalue weighted by Gasteiger charge is 2.09. The van der Waals surface area contributed by atoms with Crippen LogP contribution in [-0.4, -0.2) is 18.0 Å². The Labute approximate surface area is 86.7 Å². The second-order valence-corrected chi connectivity index (χ2v) is 3.11. The van der Waals surface area contributed by atoms with Gasteiger partial charge in [-0.05, 0) is 18.2 Å². The molecule has 4 heteroatoms. The lowest BCUT2D eigenvalue weighted by Crippen LogP contribution is -2.12. The van der Waals surface area contributed by atoms with E-state index in [1.165, 1.54) is 0 Å². The van der Waals surface area contributed by atoms with Crippen molar-refractivity contribution in [2.24, 2.45) is 5.73 Å². The third kappa shape index (κ3) is 1.61. The summed E-state index contributed by atoms with van der Waals surface area (Å²) >= 11 is 0. The number of nitrogens with zero attached hydrogens (tertiary/aromatic N) is 1. The van der Waals surface area contributed by atoms with Gasteiger partial charge in [0.2, 0.25) is 0 Å². The van der Waals surface area contributed by atoms with Gasteiger partial charge in [0.25, 0.3) is 5.91 Å². The molecule has 1 aromatic carbocycles. The molecule has 2 rings (SSSR count). The Bertz CT molecular complexity index is 523. The maximum atomic E-state index is 11.2. The Hall–Kier alpha value is -2.10. The number of primary amides is 1. The molecule has 4 nitrogen and oxygen atoms in total. The van der Waals surface area contributed by atoms with Crippen LogP contribution in [0, 0.1) is 0 Å². The van der Waals surface area contributed by atoms with Crippen molar-refractivity contribution in [3.63, 3.8) is 0 Å². The number of hydrogen-bond donors (Lipinski definition) is 1. The van der Waals surface area contributed by atoms with Crippen LogP contribution in [0.15, 0.2) is 30.5 Å². The molecule has 1 amide bonds. The minimum absolute atomic E-state index is 0.380. The van der Waals surface area contributed by atoms with Crippen molar-refractivity contribution in [1.82, 2.24) is 4.98 Å². The van der Waals surface area contributed by atoms with Gasteiger partial charge in [-0.2, -0.15) is 0 Å². The fraction of sp³-hybridized carbons (Fsp3) is 0.0909. The number of carbonyl (C=O) groups is 1. The fourth-order valence-electron chi connectivity index (χ4n) is 1.47. The molecule has 76 valence electrons. The summed E-state index contributed by atoms with van der Waals surface area (Å²) in [5.41, 5.74) is 6.25. The van der Waals surface area contributed by atoms with Gasteiger partial charge in [-0.3, -0.25) is 9.78 Å². The molecule has 0 fully saturated rings. The van der Waals surface area contributed by atoms with Gasteiger partial charge in [-0.1, -0.05) is 6.07 Å². The number of rotatable bonds is 2. The van der Waals surface area contributed by atoms with Crippen molar-refractivity contribution < 1.29 is 9.53 Å². The number of ether oxygens (including phenoxy) is 1. The van der Waals surface area contributed by atoms with E-state index in [2.05, 4.69) is 4.98 Å². The molecule has 0 spiro atoms. The summed E-state index contributed by atoms with van der Waals surface area (Å²) in [6.07, 6.45) is 1.63. The van der Waals surface area contributed by atoms with Crippen LogP contribution < -0.4 is 10.5 Å². The third-order valence-electron chi connectivity index (χ3n) is 2.18. The van der Waals surface area contributed by atoms with Crippen molar-refractivity contribution in [2.75, 3.05) is 7.11 Å². The van der Waals surface area contributed by atoms with Crippen molar-refractivity contribution in [2.45, 2.75) is 0 Å². The molecule has 2 N–H and O–H groups in total. The molecule has 15 heavy (non-hydrogen) atoms. The summed E-state index contributed by atoms with van der Waals surface area (Å²) in [5, 5.41) is 0.839. The second-order valence-electron chi connectivity index (χ2n) is 3.11. The van der Waals surface area contributed by atoms with Gasteiger partial charge >= 0.3 is 0 Å². The molecule has 1 aromatic heterocycles. The molecule has 1 heterocycles. The van der Waals surface area contributed by atoms with E-state index >= 15 is 0 Å². The van der Waals surface area contributed by atoms with Gasteiger partial charge < -0.3 is 10.5 Å². The molecule has 0 saturated carbocycles. The van der Waals surface area contributed by atoms with E-state index in [1.807, 2.05) is 12.1 Å². The second kappa shape index (κ2) is 3.57. The van der Waals surface area contributed by atoms with E-state index in [9.17, 15) is 4.79 Å². The number of carbonyl (C=O) groups excluding carboxylic acids is 1. The Morgan fingerprint density at radius 2 is 2.27 bits per heavy atom. The zero-order valence-corrected chi connectivity index (χ0v) is 8.23. The number of fused-ring (bicyclic) bond motifs is 1. The standard InChI is InChI=1S/C11H10N2O2/c1-15-8-5-7-3-2-4-13-10(7)9(6-8)11(12)14/h2-6H,1H3,(H2,12,14). The van der Waals surface area contributed by atoms with Crippen LogP contribution in [0.1, 0.15) is 10.4 Å². The highest BCUT2D eigenvalue weighted by molar-refractivity contribution is 6.05. The first kappa shape index (κ1) is 9.45. The summed E-state index contributed by atoms with van der Waals surface area (Å²) in [4.78, 5) is 15.3. The Balaban J connectivity index is 2.80. The van der Waals surface area contributed by atoms with Crippen LogP contribution in [0.5, 0.6) is 5.75 Å². The molecule has 0 aliphatic heterocycles. The number of benzene rings is 1. The number of pyridine rings is 1. The first-order chi connectivity index (χ1) is 7.22. The zero-order chi connectivity index (χ0) is 10.8. The monoisotopic (exact) mass is 202 g/mol. The number of nitrogens with two attached hydrogens (primary N) is 1. The third-order valence-corrected chi connectivity index (χ3v) is 2.18. The number of aromatic nitrogens is 1. The lowest BCUT2D eigenvalue weighted by molar-refractivity contribution is 0.100. The van der Waals surface area contributed by atoms with Crippen molar-refractivity contribution in [3.8, 4) is 5.75 Å². The molecule has 0 aliphatic carbocycles. The highest BCUT2D eigenvalue weighted by atomic mass is 16.5. The first-order valence-electron chi connectivity index (χ1n) is 4.45. The first-order valence-corrected chi connectivity index (χ1v) is 4.45. The van der Waals surface area contributed by atoms with Gasteiger partial charge in [0.05, 0.1) is 18.2 Å². The maximum Gasteiger partial charge on any atom is 0.251 e. The maximum absolute atomic E-state index is 11.2.